The zero-order valence-electron chi connectivity index (χ0n) is 6.59. The van der Waals surface area contributed by atoms with Gasteiger partial charge in [-0.15, -0.1) is 0 Å². The number of amides is 2. The number of carbonyl (C=O) groups is 2. The molecular formula is C8H11NO2. The lowest BCUT2D eigenvalue weighted by Crippen LogP contribution is -2.36. The number of rotatable bonds is 0. The number of piperidine rings is 1. The molecule has 1 saturated heterocycles. The van der Waals surface area contributed by atoms with E-state index in [2.05, 4.69) is 6.58 Å². The van der Waals surface area contributed by atoms with E-state index in [1.165, 1.54) is 11.8 Å². The smallest absolute Gasteiger partial charge is 0.233 e. The van der Waals surface area contributed by atoms with Gasteiger partial charge in [-0.3, -0.25) is 14.5 Å². The summed E-state index contributed by atoms with van der Waals surface area (Å²) in [6.07, 6.45) is 2.05. The first kappa shape index (κ1) is 7.98. The Kier molecular flexibility index (Phi) is 2.08. The minimum Gasteiger partial charge on any atom is -0.274 e. The van der Waals surface area contributed by atoms with Crippen LogP contribution in [0.5, 0.6) is 0 Å². The van der Waals surface area contributed by atoms with Gasteiger partial charge in [0.1, 0.15) is 0 Å². The Bertz CT molecular complexity index is 204. The Morgan fingerprint density at radius 1 is 1.55 bits per heavy atom. The summed E-state index contributed by atoms with van der Waals surface area (Å²) >= 11 is 0. The molecule has 11 heavy (non-hydrogen) atoms. The van der Waals surface area contributed by atoms with Crippen LogP contribution in [0.2, 0.25) is 0 Å². The van der Waals surface area contributed by atoms with E-state index < -0.39 is 0 Å². The summed E-state index contributed by atoms with van der Waals surface area (Å²) in [5.41, 5.74) is 0.633. The van der Waals surface area contributed by atoms with Crippen molar-refractivity contribution in [2.24, 2.45) is 0 Å². The fourth-order valence-electron chi connectivity index (χ4n) is 1.24. The van der Waals surface area contributed by atoms with E-state index in [9.17, 15) is 9.59 Å². The maximum atomic E-state index is 11.1. The van der Waals surface area contributed by atoms with Crippen LogP contribution in [-0.2, 0) is 9.59 Å². The van der Waals surface area contributed by atoms with E-state index in [0.29, 0.717) is 12.1 Å². The summed E-state index contributed by atoms with van der Waals surface area (Å²) in [6.45, 7) is 5.03. The summed E-state index contributed by atoms with van der Waals surface area (Å²) in [5.74, 6) is -0.339. The van der Waals surface area contributed by atoms with Gasteiger partial charge in [0.05, 0.1) is 0 Å². The Morgan fingerprint density at radius 2 is 2.18 bits per heavy atom. The second kappa shape index (κ2) is 2.86. The third kappa shape index (κ3) is 1.48. The van der Waals surface area contributed by atoms with Crippen molar-refractivity contribution in [1.82, 2.24) is 4.90 Å². The highest BCUT2D eigenvalue weighted by Crippen LogP contribution is 2.19. The SMILES string of the molecule is C=C1CCCC(=O)N1C(C)=O. The molecule has 0 spiro atoms. The van der Waals surface area contributed by atoms with Crippen LogP contribution < -0.4 is 0 Å². The van der Waals surface area contributed by atoms with Gasteiger partial charge in [-0.2, -0.15) is 0 Å². The van der Waals surface area contributed by atoms with Gasteiger partial charge in [-0.25, -0.2) is 0 Å². The van der Waals surface area contributed by atoms with Crippen molar-refractivity contribution in [1.29, 1.82) is 0 Å². The molecule has 1 heterocycles. The lowest BCUT2D eigenvalue weighted by Gasteiger charge is -2.25. The van der Waals surface area contributed by atoms with Crippen molar-refractivity contribution in [3.8, 4) is 0 Å². The highest BCUT2D eigenvalue weighted by Gasteiger charge is 2.24. The number of likely N-dealkylation sites (tertiary alicyclic amines) is 1. The maximum Gasteiger partial charge on any atom is 0.233 e. The van der Waals surface area contributed by atoms with Gasteiger partial charge in [0.25, 0.3) is 0 Å². The van der Waals surface area contributed by atoms with E-state index in [1.54, 1.807) is 0 Å². The quantitative estimate of drug-likeness (QED) is 0.521. The molecule has 0 aromatic carbocycles. The van der Waals surface area contributed by atoms with Crippen LogP contribution >= 0.6 is 0 Å². The molecule has 1 rings (SSSR count). The van der Waals surface area contributed by atoms with Gasteiger partial charge in [-0.05, 0) is 12.8 Å². The molecule has 0 N–H and O–H groups in total. The fraction of sp³-hybridized carbons (Fsp3) is 0.500. The minimum absolute atomic E-state index is 0.117. The van der Waals surface area contributed by atoms with Gasteiger partial charge in [0.2, 0.25) is 11.8 Å². The number of hydrogen-bond acceptors (Lipinski definition) is 2. The average molecular weight is 153 g/mol. The molecule has 0 atom stereocenters. The second-order valence-electron chi connectivity index (χ2n) is 2.67. The topological polar surface area (TPSA) is 37.4 Å². The van der Waals surface area contributed by atoms with Crippen molar-refractivity contribution < 1.29 is 9.59 Å². The van der Waals surface area contributed by atoms with Crippen molar-refractivity contribution in [3.05, 3.63) is 12.3 Å². The van der Waals surface area contributed by atoms with E-state index in [4.69, 9.17) is 0 Å². The number of allylic oxidation sites excluding steroid dienone is 1. The molecule has 3 nitrogen and oxygen atoms in total. The fourth-order valence-corrected chi connectivity index (χ4v) is 1.24. The molecule has 1 aliphatic heterocycles. The second-order valence-corrected chi connectivity index (χ2v) is 2.67. The zero-order chi connectivity index (χ0) is 8.43. The highest BCUT2D eigenvalue weighted by atomic mass is 16.2. The van der Waals surface area contributed by atoms with Gasteiger partial charge < -0.3 is 0 Å². The monoisotopic (exact) mass is 153 g/mol. The van der Waals surface area contributed by atoms with Crippen molar-refractivity contribution in [2.45, 2.75) is 26.2 Å². The first-order valence-corrected chi connectivity index (χ1v) is 3.64. The van der Waals surface area contributed by atoms with Crippen LogP contribution in [0.25, 0.3) is 0 Å². The normalized spacial score (nSPS) is 18.8. The van der Waals surface area contributed by atoms with E-state index in [-0.39, 0.29) is 11.8 Å². The Balaban J connectivity index is 2.79. The molecular weight excluding hydrogens is 142 g/mol. The third-order valence-electron chi connectivity index (χ3n) is 1.74. The largest absolute Gasteiger partial charge is 0.274 e. The predicted octanol–water partition coefficient (Wildman–Crippen LogP) is 1.06. The van der Waals surface area contributed by atoms with Crippen LogP contribution in [-0.4, -0.2) is 16.7 Å². The standard InChI is InChI=1S/C8H11NO2/c1-6-4-3-5-8(11)9(6)7(2)10/h1,3-5H2,2H3. The molecule has 60 valence electrons. The van der Waals surface area contributed by atoms with Crippen LogP contribution in [0.3, 0.4) is 0 Å². The Labute approximate surface area is 65.7 Å². The van der Waals surface area contributed by atoms with Crippen LogP contribution in [0.15, 0.2) is 12.3 Å². The molecule has 0 aliphatic carbocycles. The molecule has 1 aliphatic rings. The molecule has 0 aromatic rings. The summed E-state index contributed by atoms with van der Waals surface area (Å²) < 4.78 is 0. The zero-order valence-corrected chi connectivity index (χ0v) is 6.59. The molecule has 0 radical (unpaired) electrons. The van der Waals surface area contributed by atoms with Gasteiger partial charge in [0, 0.05) is 19.0 Å². The van der Waals surface area contributed by atoms with E-state index in [0.717, 1.165) is 12.8 Å². The van der Waals surface area contributed by atoms with Crippen molar-refractivity contribution in [2.75, 3.05) is 0 Å². The molecule has 1 fully saturated rings. The lowest BCUT2D eigenvalue weighted by atomic mass is 10.1. The highest BCUT2D eigenvalue weighted by molar-refractivity contribution is 5.96. The Hall–Kier alpha value is -1.12. The summed E-state index contributed by atoms with van der Waals surface area (Å²) in [6, 6.07) is 0. The predicted molar refractivity (Wildman–Crippen MR) is 40.5 cm³/mol. The van der Waals surface area contributed by atoms with Gasteiger partial charge in [0.15, 0.2) is 0 Å². The summed E-state index contributed by atoms with van der Waals surface area (Å²) in [4.78, 5) is 23.1. The van der Waals surface area contributed by atoms with Crippen LogP contribution in [0.4, 0.5) is 0 Å². The van der Waals surface area contributed by atoms with E-state index >= 15 is 0 Å². The van der Waals surface area contributed by atoms with Crippen LogP contribution in [0.1, 0.15) is 26.2 Å². The molecule has 2 amide bonds. The molecule has 0 bridgehead atoms. The number of nitrogens with zero attached hydrogens (tertiary/aromatic N) is 1. The first-order valence-electron chi connectivity index (χ1n) is 3.64. The summed E-state index contributed by atoms with van der Waals surface area (Å²) in [7, 11) is 0. The number of imide groups is 1. The van der Waals surface area contributed by atoms with Gasteiger partial charge in [-0.1, -0.05) is 6.58 Å². The first-order chi connectivity index (χ1) is 5.13. The van der Waals surface area contributed by atoms with E-state index in [1.807, 2.05) is 0 Å². The average Bonchev–Trinajstić information content (AvgIpc) is 1.85. The molecule has 0 unspecified atom stereocenters. The van der Waals surface area contributed by atoms with Crippen LogP contribution in [0, 0.1) is 0 Å². The minimum atomic E-state index is -0.222. The third-order valence-corrected chi connectivity index (χ3v) is 1.74. The van der Waals surface area contributed by atoms with Crippen molar-refractivity contribution >= 4 is 11.8 Å². The molecule has 0 saturated carbocycles. The lowest BCUT2D eigenvalue weighted by molar-refractivity contribution is -0.142. The molecule has 3 heteroatoms. The van der Waals surface area contributed by atoms with Crippen molar-refractivity contribution in [3.63, 3.8) is 0 Å². The van der Waals surface area contributed by atoms with Gasteiger partial charge >= 0.3 is 0 Å². The number of carbonyl (C=O) groups excluding carboxylic acids is 2. The summed E-state index contributed by atoms with van der Waals surface area (Å²) in [5, 5.41) is 0. The number of hydrogen-bond donors (Lipinski definition) is 0. The molecule has 0 aromatic heterocycles. The maximum absolute atomic E-state index is 11.1. The Morgan fingerprint density at radius 3 is 2.55 bits per heavy atom.